The smallest absolute Gasteiger partial charge is 0.270 e. The third kappa shape index (κ3) is 4.20. The summed E-state index contributed by atoms with van der Waals surface area (Å²) in [6.45, 7) is 3.96. The van der Waals surface area contributed by atoms with Gasteiger partial charge in [-0.05, 0) is 31.7 Å². The van der Waals surface area contributed by atoms with Crippen LogP contribution in [0.2, 0.25) is 0 Å². The highest BCUT2D eigenvalue weighted by atomic mass is 16.2. The first-order valence-corrected chi connectivity index (χ1v) is 10.4. The summed E-state index contributed by atoms with van der Waals surface area (Å²) >= 11 is 0. The van der Waals surface area contributed by atoms with Gasteiger partial charge in [0.1, 0.15) is 11.5 Å². The average molecular weight is 406 g/mol. The zero-order valence-corrected chi connectivity index (χ0v) is 17.6. The molecule has 0 bridgehead atoms. The summed E-state index contributed by atoms with van der Waals surface area (Å²) < 4.78 is 1.64. The largest absolute Gasteiger partial charge is 0.344 e. The molecule has 156 valence electrons. The summed E-state index contributed by atoms with van der Waals surface area (Å²) in [7, 11) is 1.79. The standard InChI is InChI=1S/C23H27N5O2/c1-4-18-14(2)21(28(3)27-18)23(30)25-19(15-8-6-5-7-9-15)12-17-13-20(29)26-22(24-17)16-10-11-16/h5-9,13,16,19H,4,10-12H2,1-3H3,(H,25,30)(H,24,26,29). The number of amides is 1. The molecule has 3 aromatic rings. The second-order valence-electron chi connectivity index (χ2n) is 7.93. The van der Waals surface area contributed by atoms with Crippen LogP contribution in [0.1, 0.15) is 70.6 Å². The molecule has 2 N–H and O–H groups in total. The van der Waals surface area contributed by atoms with Gasteiger partial charge in [0.15, 0.2) is 0 Å². The van der Waals surface area contributed by atoms with E-state index < -0.39 is 0 Å². The molecule has 1 saturated carbocycles. The van der Waals surface area contributed by atoms with Gasteiger partial charge < -0.3 is 10.3 Å². The molecule has 30 heavy (non-hydrogen) atoms. The Morgan fingerprint density at radius 3 is 2.67 bits per heavy atom. The summed E-state index contributed by atoms with van der Waals surface area (Å²) in [5.74, 6) is 0.931. The van der Waals surface area contributed by atoms with Crippen LogP contribution < -0.4 is 10.9 Å². The molecule has 1 amide bonds. The average Bonchev–Trinajstić information content (AvgIpc) is 3.53. The fourth-order valence-electron chi connectivity index (χ4n) is 3.90. The lowest BCUT2D eigenvalue weighted by molar-refractivity contribution is 0.0926. The van der Waals surface area contributed by atoms with Gasteiger partial charge in [-0.1, -0.05) is 37.3 Å². The molecule has 1 atom stereocenters. The van der Waals surface area contributed by atoms with Crippen molar-refractivity contribution in [2.75, 3.05) is 0 Å². The number of carbonyl (C=O) groups excluding carboxylic acids is 1. The predicted molar refractivity (Wildman–Crippen MR) is 115 cm³/mol. The number of aryl methyl sites for hydroxylation is 2. The van der Waals surface area contributed by atoms with Crippen LogP contribution in [-0.2, 0) is 19.9 Å². The van der Waals surface area contributed by atoms with Crippen LogP contribution in [0.4, 0.5) is 0 Å². The summed E-state index contributed by atoms with van der Waals surface area (Å²) in [6, 6.07) is 11.0. The molecule has 0 spiro atoms. The Morgan fingerprint density at radius 2 is 2.03 bits per heavy atom. The molecule has 1 aliphatic rings. The normalized spacial score (nSPS) is 14.5. The van der Waals surface area contributed by atoms with E-state index in [0.717, 1.165) is 41.9 Å². The number of aromatic amines is 1. The molecule has 0 radical (unpaired) electrons. The topological polar surface area (TPSA) is 92.7 Å². The number of H-pyrrole nitrogens is 1. The van der Waals surface area contributed by atoms with E-state index in [0.29, 0.717) is 23.7 Å². The molecule has 1 aliphatic carbocycles. The van der Waals surface area contributed by atoms with Gasteiger partial charge in [-0.25, -0.2) is 4.98 Å². The van der Waals surface area contributed by atoms with Crippen molar-refractivity contribution in [3.63, 3.8) is 0 Å². The number of nitrogens with zero attached hydrogens (tertiary/aromatic N) is 3. The molecule has 7 nitrogen and oxygen atoms in total. The number of rotatable bonds is 7. The first kappa shape index (κ1) is 20.1. The van der Waals surface area contributed by atoms with Gasteiger partial charge in [0.25, 0.3) is 11.5 Å². The van der Waals surface area contributed by atoms with Crippen LogP contribution >= 0.6 is 0 Å². The maximum Gasteiger partial charge on any atom is 0.270 e. The minimum absolute atomic E-state index is 0.143. The van der Waals surface area contributed by atoms with Gasteiger partial charge in [-0.2, -0.15) is 5.10 Å². The fourth-order valence-corrected chi connectivity index (χ4v) is 3.90. The van der Waals surface area contributed by atoms with Crippen molar-refractivity contribution in [3.05, 3.63) is 80.8 Å². The van der Waals surface area contributed by atoms with E-state index in [1.54, 1.807) is 11.7 Å². The van der Waals surface area contributed by atoms with Crippen LogP contribution in [0.3, 0.4) is 0 Å². The summed E-state index contributed by atoms with van der Waals surface area (Å²) in [6.07, 6.45) is 3.34. The number of benzene rings is 1. The molecular formula is C23H27N5O2. The lowest BCUT2D eigenvalue weighted by atomic mass is 10.0. The summed E-state index contributed by atoms with van der Waals surface area (Å²) in [4.78, 5) is 32.8. The van der Waals surface area contributed by atoms with Gasteiger partial charge in [0.05, 0.1) is 17.4 Å². The minimum Gasteiger partial charge on any atom is -0.344 e. The number of aromatic nitrogens is 4. The third-order valence-corrected chi connectivity index (χ3v) is 5.63. The Labute approximate surface area is 175 Å². The Kier molecular flexibility index (Phi) is 5.53. The zero-order chi connectivity index (χ0) is 21.3. The first-order valence-electron chi connectivity index (χ1n) is 10.4. The Bertz CT molecular complexity index is 1110. The molecule has 2 heterocycles. The third-order valence-electron chi connectivity index (χ3n) is 5.63. The number of hydrogen-bond donors (Lipinski definition) is 2. The molecule has 4 rings (SSSR count). The summed E-state index contributed by atoms with van der Waals surface area (Å²) in [5.41, 5.74) is 3.89. The monoisotopic (exact) mass is 405 g/mol. The van der Waals surface area contributed by atoms with E-state index in [9.17, 15) is 9.59 Å². The molecule has 1 unspecified atom stereocenters. The number of carbonyl (C=O) groups is 1. The van der Waals surface area contributed by atoms with Crippen LogP contribution in [0, 0.1) is 6.92 Å². The Morgan fingerprint density at radius 1 is 1.30 bits per heavy atom. The highest BCUT2D eigenvalue weighted by Gasteiger charge is 2.27. The number of nitrogens with one attached hydrogen (secondary N) is 2. The van der Waals surface area contributed by atoms with E-state index in [1.807, 2.05) is 44.2 Å². The lowest BCUT2D eigenvalue weighted by Crippen LogP contribution is -2.32. The van der Waals surface area contributed by atoms with Gasteiger partial charge in [0.2, 0.25) is 0 Å². The Hall–Kier alpha value is -3.22. The van der Waals surface area contributed by atoms with E-state index in [2.05, 4.69) is 20.4 Å². The summed E-state index contributed by atoms with van der Waals surface area (Å²) in [5, 5.41) is 7.61. The molecular weight excluding hydrogens is 378 g/mol. The molecule has 2 aromatic heterocycles. The minimum atomic E-state index is -0.306. The molecule has 0 saturated heterocycles. The fraction of sp³-hybridized carbons (Fsp3) is 0.391. The SMILES string of the molecule is CCc1nn(C)c(C(=O)NC(Cc2cc(=O)[nH]c(C3CC3)n2)c2ccccc2)c1C. The maximum absolute atomic E-state index is 13.2. The molecule has 1 fully saturated rings. The molecule has 7 heteroatoms. The van der Waals surface area contributed by atoms with Crippen LogP contribution in [0.15, 0.2) is 41.2 Å². The lowest BCUT2D eigenvalue weighted by Gasteiger charge is -2.19. The van der Waals surface area contributed by atoms with Gasteiger partial charge >= 0.3 is 0 Å². The van der Waals surface area contributed by atoms with Crippen molar-refractivity contribution >= 4 is 5.91 Å². The van der Waals surface area contributed by atoms with Crippen molar-refractivity contribution in [1.29, 1.82) is 0 Å². The van der Waals surface area contributed by atoms with Crippen molar-refractivity contribution < 1.29 is 4.79 Å². The van der Waals surface area contributed by atoms with Gasteiger partial charge in [-0.3, -0.25) is 14.3 Å². The van der Waals surface area contributed by atoms with Crippen LogP contribution in [0.25, 0.3) is 0 Å². The molecule has 1 aromatic carbocycles. The van der Waals surface area contributed by atoms with Crippen molar-refractivity contribution in [2.24, 2.45) is 7.05 Å². The predicted octanol–water partition coefficient (Wildman–Crippen LogP) is 2.97. The highest BCUT2D eigenvalue weighted by molar-refractivity contribution is 5.94. The van der Waals surface area contributed by atoms with Crippen molar-refractivity contribution in [3.8, 4) is 0 Å². The molecule has 0 aliphatic heterocycles. The van der Waals surface area contributed by atoms with Crippen LogP contribution in [-0.4, -0.2) is 25.7 Å². The van der Waals surface area contributed by atoms with E-state index in [-0.39, 0.29) is 17.5 Å². The maximum atomic E-state index is 13.2. The van der Waals surface area contributed by atoms with Crippen molar-refractivity contribution in [2.45, 2.75) is 51.5 Å². The second kappa shape index (κ2) is 8.26. The number of hydrogen-bond acceptors (Lipinski definition) is 4. The zero-order valence-electron chi connectivity index (χ0n) is 17.6. The highest BCUT2D eigenvalue weighted by Crippen LogP contribution is 2.37. The first-order chi connectivity index (χ1) is 14.5. The van der Waals surface area contributed by atoms with Gasteiger partial charge in [-0.15, -0.1) is 0 Å². The van der Waals surface area contributed by atoms with E-state index >= 15 is 0 Å². The quantitative estimate of drug-likeness (QED) is 0.632. The van der Waals surface area contributed by atoms with E-state index in [4.69, 9.17) is 0 Å². The second-order valence-corrected chi connectivity index (χ2v) is 7.93. The van der Waals surface area contributed by atoms with Crippen LogP contribution in [0.5, 0.6) is 0 Å². The van der Waals surface area contributed by atoms with E-state index in [1.165, 1.54) is 6.07 Å². The van der Waals surface area contributed by atoms with Gasteiger partial charge in [0, 0.05) is 31.0 Å². The Balaban J connectivity index is 1.64. The van der Waals surface area contributed by atoms with Crippen molar-refractivity contribution in [1.82, 2.24) is 25.1 Å².